The molecule has 0 bridgehead atoms. The van der Waals surface area contributed by atoms with Crippen LogP contribution in [0.1, 0.15) is 24.2 Å². The molecule has 0 aliphatic heterocycles. The van der Waals surface area contributed by atoms with Crippen LogP contribution in [-0.2, 0) is 0 Å². The van der Waals surface area contributed by atoms with Gasteiger partial charge in [0.15, 0.2) is 11.6 Å². The molecule has 0 unspecified atom stereocenters. The molecule has 0 atom stereocenters. The molecule has 0 fully saturated rings. The van der Waals surface area contributed by atoms with Gasteiger partial charge in [-0.15, -0.1) is 0 Å². The second-order valence-electron chi connectivity index (χ2n) is 3.35. The maximum atomic E-state index is 13.1. The van der Waals surface area contributed by atoms with E-state index in [1.54, 1.807) is 13.8 Å². The first-order valence-electron chi connectivity index (χ1n) is 4.38. The number of hydrogen-bond acceptors (Lipinski definition) is 1. The molecule has 2 nitrogen and oxygen atoms in total. The molecule has 82 valence electrons. The molecule has 15 heavy (non-hydrogen) atoms. The number of amides is 1. The van der Waals surface area contributed by atoms with Crippen LogP contribution in [0.25, 0.3) is 0 Å². The van der Waals surface area contributed by atoms with E-state index >= 15 is 0 Å². The third kappa shape index (κ3) is 2.49. The Morgan fingerprint density at radius 2 is 1.73 bits per heavy atom. The van der Waals surface area contributed by atoms with Crippen molar-refractivity contribution in [2.45, 2.75) is 19.9 Å². The molecule has 1 rings (SSSR count). The monoisotopic (exact) mass is 217 g/mol. The van der Waals surface area contributed by atoms with Crippen LogP contribution in [-0.4, -0.2) is 11.9 Å². The highest BCUT2D eigenvalue weighted by Gasteiger charge is 2.20. The average Bonchev–Trinajstić information content (AvgIpc) is 2.11. The molecule has 0 heterocycles. The Kier molecular flexibility index (Phi) is 3.34. The summed E-state index contributed by atoms with van der Waals surface area (Å²) in [5, 5.41) is 2.28. The molecule has 0 aliphatic carbocycles. The van der Waals surface area contributed by atoms with Crippen LogP contribution in [0.15, 0.2) is 12.1 Å². The Hall–Kier alpha value is -1.52. The zero-order valence-electron chi connectivity index (χ0n) is 8.27. The van der Waals surface area contributed by atoms with Gasteiger partial charge in [0.2, 0.25) is 0 Å². The number of halogens is 3. The average molecular weight is 217 g/mol. The predicted molar refractivity (Wildman–Crippen MR) is 48.9 cm³/mol. The number of hydrogen-bond donors (Lipinski definition) is 1. The van der Waals surface area contributed by atoms with Crippen molar-refractivity contribution in [1.29, 1.82) is 0 Å². The first-order valence-corrected chi connectivity index (χ1v) is 4.38. The molecule has 1 N–H and O–H groups in total. The van der Waals surface area contributed by atoms with E-state index in [9.17, 15) is 18.0 Å². The van der Waals surface area contributed by atoms with E-state index < -0.39 is 28.9 Å². The molecule has 0 radical (unpaired) electrons. The normalized spacial score (nSPS) is 10.5. The van der Waals surface area contributed by atoms with Crippen molar-refractivity contribution in [2.75, 3.05) is 0 Å². The summed E-state index contributed by atoms with van der Waals surface area (Å²) in [6, 6.07) is 1.07. The third-order valence-electron chi connectivity index (χ3n) is 1.69. The molecule has 5 heteroatoms. The quantitative estimate of drug-likeness (QED) is 0.756. The maximum absolute atomic E-state index is 13.1. The second kappa shape index (κ2) is 4.33. The van der Waals surface area contributed by atoms with E-state index in [-0.39, 0.29) is 6.04 Å². The summed E-state index contributed by atoms with van der Waals surface area (Å²) < 4.78 is 38.9. The lowest BCUT2D eigenvalue weighted by atomic mass is 10.1. The molecule has 0 aromatic heterocycles. The summed E-state index contributed by atoms with van der Waals surface area (Å²) in [5.74, 6) is -4.75. The maximum Gasteiger partial charge on any atom is 0.257 e. The minimum atomic E-state index is -1.46. The van der Waals surface area contributed by atoms with Crippen LogP contribution in [0, 0.1) is 17.5 Å². The first kappa shape index (κ1) is 11.6. The molecule has 0 saturated carbocycles. The van der Waals surface area contributed by atoms with Crippen LogP contribution >= 0.6 is 0 Å². The Morgan fingerprint density at radius 3 is 2.27 bits per heavy atom. The molecule has 0 saturated heterocycles. The fourth-order valence-corrected chi connectivity index (χ4v) is 1.07. The topological polar surface area (TPSA) is 29.1 Å². The van der Waals surface area contributed by atoms with Crippen LogP contribution in [0.2, 0.25) is 0 Å². The molecule has 0 spiro atoms. The van der Waals surface area contributed by atoms with Crippen molar-refractivity contribution in [1.82, 2.24) is 5.32 Å². The van der Waals surface area contributed by atoms with Crippen molar-refractivity contribution >= 4 is 5.91 Å². The molecule has 1 aromatic carbocycles. The number of rotatable bonds is 2. The van der Waals surface area contributed by atoms with Gasteiger partial charge in [-0.1, -0.05) is 0 Å². The smallest absolute Gasteiger partial charge is 0.257 e. The van der Waals surface area contributed by atoms with E-state index in [0.29, 0.717) is 12.1 Å². The second-order valence-corrected chi connectivity index (χ2v) is 3.35. The van der Waals surface area contributed by atoms with Gasteiger partial charge >= 0.3 is 0 Å². The number of benzene rings is 1. The summed E-state index contributed by atoms with van der Waals surface area (Å²) in [7, 11) is 0. The van der Waals surface area contributed by atoms with E-state index in [0.717, 1.165) is 0 Å². The Labute approximate surface area is 85.1 Å². The fourth-order valence-electron chi connectivity index (χ4n) is 1.07. The van der Waals surface area contributed by atoms with E-state index in [2.05, 4.69) is 5.32 Å². The minimum absolute atomic E-state index is 0.278. The molecule has 0 aliphatic rings. The predicted octanol–water partition coefficient (Wildman–Crippen LogP) is 2.24. The van der Waals surface area contributed by atoms with Gasteiger partial charge in [0, 0.05) is 6.04 Å². The highest BCUT2D eigenvalue weighted by Crippen LogP contribution is 2.15. The Balaban J connectivity index is 3.13. The first-order chi connectivity index (χ1) is 6.93. The van der Waals surface area contributed by atoms with Gasteiger partial charge in [-0.3, -0.25) is 4.79 Å². The Morgan fingerprint density at radius 1 is 1.20 bits per heavy atom. The van der Waals surface area contributed by atoms with Crippen molar-refractivity contribution in [3.8, 4) is 0 Å². The van der Waals surface area contributed by atoms with Gasteiger partial charge < -0.3 is 5.32 Å². The lowest BCUT2D eigenvalue weighted by molar-refractivity contribution is 0.0933. The van der Waals surface area contributed by atoms with Gasteiger partial charge in [0.05, 0.1) is 0 Å². The number of carbonyl (C=O) groups excluding carboxylic acids is 1. The molecular formula is C10H10F3NO. The van der Waals surface area contributed by atoms with Crippen molar-refractivity contribution < 1.29 is 18.0 Å². The SMILES string of the molecule is CC(C)NC(=O)c1c(F)ccc(F)c1F. The number of nitrogens with one attached hydrogen (secondary N) is 1. The van der Waals surface area contributed by atoms with Gasteiger partial charge in [0.25, 0.3) is 5.91 Å². The van der Waals surface area contributed by atoms with Crippen LogP contribution in [0.5, 0.6) is 0 Å². The standard InChI is InChI=1S/C10H10F3NO/c1-5(2)14-10(15)8-6(11)3-4-7(12)9(8)13/h3-5H,1-2H3,(H,14,15). The number of carbonyl (C=O) groups is 1. The van der Waals surface area contributed by atoms with E-state index in [1.807, 2.05) is 0 Å². The molecule has 1 amide bonds. The van der Waals surface area contributed by atoms with E-state index in [4.69, 9.17) is 0 Å². The van der Waals surface area contributed by atoms with Gasteiger partial charge in [-0.05, 0) is 26.0 Å². The zero-order chi connectivity index (χ0) is 11.6. The summed E-state index contributed by atoms with van der Waals surface area (Å²) in [6.45, 7) is 3.26. The fraction of sp³-hybridized carbons (Fsp3) is 0.300. The summed E-state index contributed by atoms with van der Waals surface area (Å²) in [6.07, 6.45) is 0. The van der Waals surface area contributed by atoms with Crippen LogP contribution in [0.4, 0.5) is 13.2 Å². The van der Waals surface area contributed by atoms with Gasteiger partial charge in [0.1, 0.15) is 11.4 Å². The van der Waals surface area contributed by atoms with Gasteiger partial charge in [-0.2, -0.15) is 0 Å². The van der Waals surface area contributed by atoms with Gasteiger partial charge in [-0.25, -0.2) is 13.2 Å². The van der Waals surface area contributed by atoms with Crippen molar-refractivity contribution in [3.05, 3.63) is 35.1 Å². The molecule has 1 aromatic rings. The minimum Gasteiger partial charge on any atom is -0.350 e. The Bertz CT molecular complexity index is 390. The third-order valence-corrected chi connectivity index (χ3v) is 1.69. The van der Waals surface area contributed by atoms with Crippen molar-refractivity contribution in [3.63, 3.8) is 0 Å². The lowest BCUT2D eigenvalue weighted by Crippen LogP contribution is -2.31. The van der Waals surface area contributed by atoms with Crippen LogP contribution in [0.3, 0.4) is 0 Å². The summed E-state index contributed by atoms with van der Waals surface area (Å²) in [4.78, 5) is 11.3. The largest absolute Gasteiger partial charge is 0.350 e. The molecular weight excluding hydrogens is 207 g/mol. The van der Waals surface area contributed by atoms with Crippen LogP contribution < -0.4 is 5.32 Å². The highest BCUT2D eigenvalue weighted by atomic mass is 19.2. The van der Waals surface area contributed by atoms with Crippen molar-refractivity contribution in [2.24, 2.45) is 0 Å². The lowest BCUT2D eigenvalue weighted by Gasteiger charge is -2.09. The zero-order valence-corrected chi connectivity index (χ0v) is 8.27. The highest BCUT2D eigenvalue weighted by molar-refractivity contribution is 5.94. The summed E-state index contributed by atoms with van der Waals surface area (Å²) >= 11 is 0. The summed E-state index contributed by atoms with van der Waals surface area (Å²) in [5.41, 5.74) is -0.885. The van der Waals surface area contributed by atoms with E-state index in [1.165, 1.54) is 0 Å².